The highest BCUT2D eigenvalue weighted by Crippen LogP contribution is 2.23. The van der Waals surface area contributed by atoms with E-state index in [1.165, 1.54) is 30.3 Å². The van der Waals surface area contributed by atoms with Gasteiger partial charge in [0, 0.05) is 11.1 Å². The number of para-hydroxylation sites is 1. The molecular formula is C21H21F2N3O5S. The van der Waals surface area contributed by atoms with E-state index >= 15 is 0 Å². The fraction of sp³-hybridized carbons (Fsp3) is 0.286. The van der Waals surface area contributed by atoms with E-state index in [-0.39, 0.29) is 23.4 Å². The summed E-state index contributed by atoms with van der Waals surface area (Å²) in [4.78, 5) is 25.0. The second-order valence-corrected chi connectivity index (χ2v) is 8.92. The number of halogens is 2. The van der Waals surface area contributed by atoms with E-state index in [0.717, 1.165) is 5.56 Å². The molecule has 0 saturated heterocycles. The summed E-state index contributed by atoms with van der Waals surface area (Å²) >= 11 is 0. The molecule has 0 spiro atoms. The molecule has 2 rings (SSSR count). The van der Waals surface area contributed by atoms with Crippen LogP contribution in [0.4, 0.5) is 8.78 Å². The zero-order valence-electron chi connectivity index (χ0n) is 17.0. The molecule has 0 heterocycles. The molecule has 11 heteroatoms. The van der Waals surface area contributed by atoms with Gasteiger partial charge in [0.2, 0.25) is 5.91 Å². The van der Waals surface area contributed by atoms with Crippen molar-refractivity contribution in [1.29, 1.82) is 5.26 Å². The van der Waals surface area contributed by atoms with Crippen LogP contribution < -0.4 is 15.4 Å². The lowest BCUT2D eigenvalue weighted by atomic mass is 10.1. The van der Waals surface area contributed by atoms with Gasteiger partial charge in [0.15, 0.2) is 9.84 Å². The Balaban J connectivity index is 2.23. The molecule has 0 aliphatic heterocycles. The molecule has 0 bridgehead atoms. The first kappa shape index (κ1) is 24.7. The SMILES string of the molecule is Cc1cccc(C(=O)N[C@@H](CS(=O)(=O)Cc2ccccc2OC(F)F)C(=O)NCC#N)c1. The molecule has 2 N–H and O–H groups in total. The third kappa shape index (κ3) is 7.63. The largest absolute Gasteiger partial charge is 0.435 e. The number of sulfone groups is 1. The van der Waals surface area contributed by atoms with E-state index in [0.29, 0.717) is 0 Å². The maximum atomic E-state index is 12.8. The van der Waals surface area contributed by atoms with Crippen molar-refractivity contribution in [3.8, 4) is 11.8 Å². The number of nitrogens with one attached hydrogen (secondary N) is 2. The molecule has 0 aliphatic rings. The van der Waals surface area contributed by atoms with Crippen molar-refractivity contribution in [2.75, 3.05) is 12.3 Å². The zero-order valence-corrected chi connectivity index (χ0v) is 17.9. The number of carbonyl (C=O) groups is 2. The molecule has 0 aromatic heterocycles. The van der Waals surface area contributed by atoms with Gasteiger partial charge in [0.25, 0.3) is 5.91 Å². The highest BCUT2D eigenvalue weighted by Gasteiger charge is 2.28. The maximum Gasteiger partial charge on any atom is 0.387 e. The number of nitrogens with zero attached hydrogens (tertiary/aromatic N) is 1. The highest BCUT2D eigenvalue weighted by molar-refractivity contribution is 7.90. The summed E-state index contributed by atoms with van der Waals surface area (Å²) in [6, 6.07) is 12.0. The van der Waals surface area contributed by atoms with Crippen LogP contribution in [0.3, 0.4) is 0 Å². The summed E-state index contributed by atoms with van der Waals surface area (Å²) in [5.41, 5.74) is 0.983. The average Bonchev–Trinajstić information content (AvgIpc) is 2.72. The van der Waals surface area contributed by atoms with Crippen LogP contribution in [-0.4, -0.2) is 45.2 Å². The van der Waals surface area contributed by atoms with Crippen molar-refractivity contribution in [2.45, 2.75) is 25.3 Å². The van der Waals surface area contributed by atoms with E-state index < -0.39 is 45.8 Å². The van der Waals surface area contributed by atoms with Crippen molar-refractivity contribution in [2.24, 2.45) is 0 Å². The smallest absolute Gasteiger partial charge is 0.387 e. The lowest BCUT2D eigenvalue weighted by Crippen LogP contribution is -2.50. The van der Waals surface area contributed by atoms with Crippen molar-refractivity contribution in [1.82, 2.24) is 10.6 Å². The minimum atomic E-state index is -4.08. The van der Waals surface area contributed by atoms with Crippen LogP contribution in [-0.2, 0) is 20.4 Å². The number of hydrogen-bond donors (Lipinski definition) is 2. The van der Waals surface area contributed by atoms with Gasteiger partial charge in [-0.05, 0) is 25.1 Å². The van der Waals surface area contributed by atoms with Gasteiger partial charge in [0.05, 0.1) is 17.6 Å². The third-order valence-corrected chi connectivity index (χ3v) is 5.82. The van der Waals surface area contributed by atoms with Crippen LogP contribution in [0.5, 0.6) is 5.75 Å². The Kier molecular flexibility index (Phi) is 8.66. The normalized spacial score (nSPS) is 12.0. The van der Waals surface area contributed by atoms with E-state index in [1.807, 2.05) is 0 Å². The number of carbonyl (C=O) groups excluding carboxylic acids is 2. The molecule has 0 saturated carbocycles. The lowest BCUT2D eigenvalue weighted by Gasteiger charge is -2.19. The molecule has 0 radical (unpaired) electrons. The van der Waals surface area contributed by atoms with Gasteiger partial charge in [-0.2, -0.15) is 14.0 Å². The van der Waals surface area contributed by atoms with Gasteiger partial charge in [0.1, 0.15) is 18.3 Å². The van der Waals surface area contributed by atoms with E-state index in [2.05, 4.69) is 15.4 Å². The van der Waals surface area contributed by atoms with Crippen LogP contribution in [0, 0.1) is 18.3 Å². The zero-order chi connectivity index (χ0) is 23.7. The van der Waals surface area contributed by atoms with Crippen LogP contribution in [0.2, 0.25) is 0 Å². The standard InChI is InChI=1S/C21H21F2N3O5S/c1-14-5-4-7-15(11-14)19(27)26-17(20(28)25-10-9-24)13-32(29,30)12-16-6-2-3-8-18(16)31-21(22)23/h2-8,11,17,21H,10,12-13H2,1H3,(H,25,28)(H,26,27)/t17-/m0/s1. The predicted octanol–water partition coefficient (Wildman–Crippen LogP) is 1.95. The molecule has 1 atom stereocenters. The summed E-state index contributed by atoms with van der Waals surface area (Å²) in [6.45, 7) is -1.77. The van der Waals surface area contributed by atoms with Crippen molar-refractivity contribution in [3.63, 3.8) is 0 Å². The Bertz CT molecular complexity index is 1120. The summed E-state index contributed by atoms with van der Waals surface area (Å²) < 4.78 is 55.1. The second-order valence-electron chi connectivity index (χ2n) is 6.81. The molecular weight excluding hydrogens is 444 g/mol. The fourth-order valence-corrected chi connectivity index (χ4v) is 4.42. The number of rotatable bonds is 10. The van der Waals surface area contributed by atoms with Crippen LogP contribution in [0.15, 0.2) is 48.5 Å². The predicted molar refractivity (Wildman–Crippen MR) is 112 cm³/mol. The van der Waals surface area contributed by atoms with Gasteiger partial charge in [-0.1, -0.05) is 35.9 Å². The Morgan fingerprint density at radius 2 is 1.88 bits per heavy atom. The van der Waals surface area contributed by atoms with E-state index in [1.54, 1.807) is 31.2 Å². The van der Waals surface area contributed by atoms with Gasteiger partial charge in [-0.3, -0.25) is 9.59 Å². The lowest BCUT2D eigenvalue weighted by molar-refractivity contribution is -0.122. The van der Waals surface area contributed by atoms with Crippen LogP contribution in [0.25, 0.3) is 0 Å². The summed E-state index contributed by atoms with van der Waals surface area (Å²) in [5, 5.41) is 13.3. The number of alkyl halides is 2. The first-order valence-electron chi connectivity index (χ1n) is 9.36. The van der Waals surface area contributed by atoms with Crippen LogP contribution >= 0.6 is 0 Å². The first-order valence-corrected chi connectivity index (χ1v) is 11.2. The molecule has 2 amide bonds. The molecule has 0 fully saturated rings. The number of amides is 2. The number of aryl methyl sites for hydroxylation is 1. The Hall–Kier alpha value is -3.52. The maximum absolute atomic E-state index is 12.8. The molecule has 32 heavy (non-hydrogen) atoms. The molecule has 8 nitrogen and oxygen atoms in total. The number of ether oxygens (including phenoxy) is 1. The molecule has 0 unspecified atom stereocenters. The monoisotopic (exact) mass is 465 g/mol. The van der Waals surface area contributed by atoms with Crippen molar-refractivity contribution < 1.29 is 31.5 Å². The number of hydrogen-bond acceptors (Lipinski definition) is 6. The minimum Gasteiger partial charge on any atom is -0.435 e. The topological polar surface area (TPSA) is 125 Å². The van der Waals surface area contributed by atoms with Crippen LogP contribution in [0.1, 0.15) is 21.5 Å². The van der Waals surface area contributed by atoms with Gasteiger partial charge in [-0.25, -0.2) is 8.42 Å². The molecule has 170 valence electrons. The van der Waals surface area contributed by atoms with Crippen molar-refractivity contribution >= 4 is 21.7 Å². The van der Waals surface area contributed by atoms with Gasteiger partial charge in [-0.15, -0.1) is 0 Å². The van der Waals surface area contributed by atoms with Gasteiger partial charge >= 0.3 is 6.61 Å². The number of benzene rings is 2. The fourth-order valence-electron chi connectivity index (χ4n) is 2.84. The van der Waals surface area contributed by atoms with Crippen molar-refractivity contribution in [3.05, 3.63) is 65.2 Å². The third-order valence-electron chi connectivity index (χ3n) is 4.23. The summed E-state index contributed by atoms with van der Waals surface area (Å²) in [5.74, 6) is -3.36. The summed E-state index contributed by atoms with van der Waals surface area (Å²) in [7, 11) is -4.08. The summed E-state index contributed by atoms with van der Waals surface area (Å²) in [6.07, 6.45) is 0. The Morgan fingerprint density at radius 3 is 2.53 bits per heavy atom. The molecule has 2 aromatic carbocycles. The second kappa shape index (κ2) is 11.2. The average molecular weight is 465 g/mol. The molecule has 2 aromatic rings. The number of nitriles is 1. The first-order chi connectivity index (χ1) is 15.1. The Labute approximate surface area is 184 Å². The Morgan fingerprint density at radius 1 is 1.16 bits per heavy atom. The van der Waals surface area contributed by atoms with E-state index in [9.17, 15) is 26.8 Å². The highest BCUT2D eigenvalue weighted by atomic mass is 32.2. The minimum absolute atomic E-state index is 0.0195. The van der Waals surface area contributed by atoms with E-state index in [4.69, 9.17) is 5.26 Å². The van der Waals surface area contributed by atoms with Gasteiger partial charge < -0.3 is 15.4 Å². The molecule has 0 aliphatic carbocycles. The quantitative estimate of drug-likeness (QED) is 0.517.